The summed E-state index contributed by atoms with van der Waals surface area (Å²) in [7, 11) is 1.69. The third kappa shape index (κ3) is 2.62. The lowest BCUT2D eigenvalue weighted by atomic mass is 10.3. The second-order valence-electron chi connectivity index (χ2n) is 3.47. The lowest BCUT2D eigenvalue weighted by molar-refractivity contribution is 0.102. The highest BCUT2D eigenvalue weighted by atomic mass is 79.9. The first kappa shape index (κ1) is 11.6. The van der Waals surface area contributed by atoms with Crippen molar-refractivity contribution < 1.29 is 4.79 Å². The van der Waals surface area contributed by atoms with Gasteiger partial charge in [0.05, 0.1) is 11.9 Å². The standard InChI is InChI=1S/C10H10BrN5O/c1-16-5-9(14-15-16)10(17)13-8-4-6(12)2-3-7(8)11/h2-5H,12H2,1H3,(H,13,17). The number of halogens is 1. The molecule has 1 heterocycles. The molecule has 3 N–H and O–H groups in total. The Kier molecular flexibility index (Phi) is 3.10. The number of hydrogen-bond acceptors (Lipinski definition) is 4. The summed E-state index contributed by atoms with van der Waals surface area (Å²) in [6.07, 6.45) is 1.54. The van der Waals surface area contributed by atoms with E-state index in [1.54, 1.807) is 25.2 Å². The third-order valence-corrected chi connectivity index (χ3v) is 2.77. The molecule has 17 heavy (non-hydrogen) atoms. The molecule has 0 bridgehead atoms. The zero-order chi connectivity index (χ0) is 12.4. The van der Waals surface area contributed by atoms with E-state index < -0.39 is 0 Å². The number of benzene rings is 1. The monoisotopic (exact) mass is 295 g/mol. The molecule has 0 saturated carbocycles. The molecule has 7 heteroatoms. The van der Waals surface area contributed by atoms with E-state index in [9.17, 15) is 4.79 Å². The van der Waals surface area contributed by atoms with Gasteiger partial charge in [-0.1, -0.05) is 5.21 Å². The van der Waals surface area contributed by atoms with Crippen LogP contribution in [0.15, 0.2) is 28.9 Å². The highest BCUT2D eigenvalue weighted by molar-refractivity contribution is 9.10. The SMILES string of the molecule is Cn1cc(C(=O)Nc2cc(N)ccc2Br)nn1. The van der Waals surface area contributed by atoms with Crippen LogP contribution < -0.4 is 11.1 Å². The molecule has 0 fully saturated rings. The zero-order valence-corrected chi connectivity index (χ0v) is 10.6. The normalized spacial score (nSPS) is 10.2. The van der Waals surface area contributed by atoms with Gasteiger partial charge in [0.15, 0.2) is 5.69 Å². The van der Waals surface area contributed by atoms with Crippen LogP contribution in [0.3, 0.4) is 0 Å². The van der Waals surface area contributed by atoms with Gasteiger partial charge in [-0.15, -0.1) is 5.10 Å². The highest BCUT2D eigenvalue weighted by Gasteiger charge is 2.11. The molecule has 0 aliphatic rings. The number of anilines is 2. The number of carbonyl (C=O) groups is 1. The van der Waals surface area contributed by atoms with Crippen LogP contribution in [0.2, 0.25) is 0 Å². The molecule has 2 rings (SSSR count). The Hall–Kier alpha value is -1.89. The first-order valence-electron chi connectivity index (χ1n) is 4.79. The minimum absolute atomic E-state index is 0.252. The van der Waals surface area contributed by atoms with Gasteiger partial charge in [0.25, 0.3) is 5.91 Å². The van der Waals surface area contributed by atoms with E-state index in [4.69, 9.17) is 5.73 Å². The Labute approximate surface area is 106 Å². The van der Waals surface area contributed by atoms with Crippen molar-refractivity contribution in [3.8, 4) is 0 Å². The van der Waals surface area contributed by atoms with E-state index in [2.05, 4.69) is 31.6 Å². The van der Waals surface area contributed by atoms with Crippen LogP contribution in [-0.2, 0) is 7.05 Å². The lowest BCUT2D eigenvalue weighted by Crippen LogP contribution is -2.13. The second kappa shape index (κ2) is 4.54. The predicted octanol–water partition coefficient (Wildman–Crippen LogP) is 1.41. The Bertz CT molecular complexity index is 566. The number of nitrogens with one attached hydrogen (secondary N) is 1. The molecule has 2 aromatic rings. The molecular formula is C10H10BrN5O. The van der Waals surface area contributed by atoms with Crippen LogP contribution >= 0.6 is 15.9 Å². The van der Waals surface area contributed by atoms with Crippen molar-refractivity contribution >= 4 is 33.2 Å². The molecule has 0 saturated heterocycles. The fourth-order valence-corrected chi connectivity index (χ4v) is 1.62. The van der Waals surface area contributed by atoms with Crippen molar-refractivity contribution in [3.63, 3.8) is 0 Å². The maximum absolute atomic E-state index is 11.8. The molecule has 0 unspecified atom stereocenters. The average Bonchev–Trinajstić information content (AvgIpc) is 2.70. The number of aryl methyl sites for hydroxylation is 1. The van der Waals surface area contributed by atoms with Gasteiger partial charge >= 0.3 is 0 Å². The molecule has 0 atom stereocenters. The van der Waals surface area contributed by atoms with Gasteiger partial charge in [-0.2, -0.15) is 0 Å². The number of nitrogens with zero attached hydrogens (tertiary/aromatic N) is 3. The number of amides is 1. The van der Waals surface area contributed by atoms with Crippen LogP contribution in [0.4, 0.5) is 11.4 Å². The molecule has 0 radical (unpaired) electrons. The predicted molar refractivity (Wildman–Crippen MR) is 67.5 cm³/mol. The molecular weight excluding hydrogens is 286 g/mol. The summed E-state index contributed by atoms with van der Waals surface area (Å²) >= 11 is 3.33. The highest BCUT2D eigenvalue weighted by Crippen LogP contribution is 2.24. The van der Waals surface area contributed by atoms with Crippen molar-refractivity contribution in [2.45, 2.75) is 0 Å². The summed E-state index contributed by atoms with van der Waals surface area (Å²) in [6.45, 7) is 0. The first-order chi connectivity index (χ1) is 8.06. The van der Waals surface area contributed by atoms with Gasteiger partial charge < -0.3 is 11.1 Å². The van der Waals surface area contributed by atoms with Crippen LogP contribution in [0.1, 0.15) is 10.5 Å². The summed E-state index contributed by atoms with van der Waals surface area (Å²) in [5.41, 5.74) is 7.06. The molecule has 1 amide bonds. The van der Waals surface area contributed by atoms with E-state index >= 15 is 0 Å². The van der Waals surface area contributed by atoms with Gasteiger partial charge in [-0.25, -0.2) is 0 Å². The lowest BCUT2D eigenvalue weighted by Gasteiger charge is -2.06. The summed E-state index contributed by atoms with van der Waals surface area (Å²) in [4.78, 5) is 11.8. The van der Waals surface area contributed by atoms with E-state index in [0.29, 0.717) is 11.4 Å². The van der Waals surface area contributed by atoms with Crippen molar-refractivity contribution in [2.24, 2.45) is 7.05 Å². The van der Waals surface area contributed by atoms with E-state index in [1.807, 2.05) is 0 Å². The summed E-state index contributed by atoms with van der Waals surface area (Å²) in [5.74, 6) is -0.329. The molecule has 0 aliphatic heterocycles. The Balaban J connectivity index is 2.21. The minimum Gasteiger partial charge on any atom is -0.399 e. The Morgan fingerprint density at radius 3 is 2.94 bits per heavy atom. The van der Waals surface area contributed by atoms with Crippen molar-refractivity contribution in [3.05, 3.63) is 34.6 Å². The fraction of sp³-hybridized carbons (Fsp3) is 0.100. The molecule has 88 valence electrons. The van der Waals surface area contributed by atoms with E-state index in [0.717, 1.165) is 4.47 Å². The summed E-state index contributed by atoms with van der Waals surface area (Å²) < 4.78 is 2.22. The van der Waals surface area contributed by atoms with Crippen molar-refractivity contribution in [1.29, 1.82) is 0 Å². The smallest absolute Gasteiger partial charge is 0.277 e. The van der Waals surface area contributed by atoms with Crippen LogP contribution in [0.5, 0.6) is 0 Å². The maximum atomic E-state index is 11.8. The molecule has 6 nitrogen and oxygen atoms in total. The Morgan fingerprint density at radius 1 is 1.53 bits per heavy atom. The summed E-state index contributed by atoms with van der Waals surface area (Å²) in [6, 6.07) is 5.17. The summed E-state index contributed by atoms with van der Waals surface area (Å²) in [5, 5.41) is 10.1. The van der Waals surface area contributed by atoms with Crippen LogP contribution in [0, 0.1) is 0 Å². The van der Waals surface area contributed by atoms with E-state index in [-0.39, 0.29) is 11.6 Å². The number of hydrogen-bond donors (Lipinski definition) is 2. The molecule has 1 aromatic carbocycles. The van der Waals surface area contributed by atoms with Crippen LogP contribution in [-0.4, -0.2) is 20.9 Å². The van der Waals surface area contributed by atoms with Gasteiger partial charge in [0.2, 0.25) is 0 Å². The van der Waals surface area contributed by atoms with Gasteiger partial charge in [0.1, 0.15) is 0 Å². The number of rotatable bonds is 2. The largest absolute Gasteiger partial charge is 0.399 e. The van der Waals surface area contributed by atoms with Gasteiger partial charge in [-0.05, 0) is 34.1 Å². The zero-order valence-electron chi connectivity index (χ0n) is 9.01. The van der Waals surface area contributed by atoms with Crippen molar-refractivity contribution in [2.75, 3.05) is 11.1 Å². The average molecular weight is 296 g/mol. The Morgan fingerprint density at radius 2 is 2.29 bits per heavy atom. The topological polar surface area (TPSA) is 85.8 Å². The van der Waals surface area contributed by atoms with Gasteiger partial charge in [-0.3, -0.25) is 9.48 Å². The quantitative estimate of drug-likeness (QED) is 0.820. The number of aromatic nitrogens is 3. The van der Waals surface area contributed by atoms with E-state index in [1.165, 1.54) is 10.9 Å². The number of carbonyl (C=O) groups excluding carboxylic acids is 1. The third-order valence-electron chi connectivity index (χ3n) is 2.07. The van der Waals surface area contributed by atoms with Gasteiger partial charge in [0, 0.05) is 17.2 Å². The fourth-order valence-electron chi connectivity index (χ4n) is 1.28. The number of nitrogen functional groups attached to an aromatic ring is 1. The molecule has 0 spiro atoms. The minimum atomic E-state index is -0.329. The second-order valence-corrected chi connectivity index (χ2v) is 4.33. The molecule has 1 aromatic heterocycles. The first-order valence-corrected chi connectivity index (χ1v) is 5.58. The van der Waals surface area contributed by atoms with Crippen LogP contribution in [0.25, 0.3) is 0 Å². The van der Waals surface area contributed by atoms with Crippen molar-refractivity contribution in [1.82, 2.24) is 15.0 Å². The molecule has 0 aliphatic carbocycles. The number of nitrogens with two attached hydrogens (primary N) is 1. The maximum Gasteiger partial charge on any atom is 0.277 e.